The zero-order valence-electron chi connectivity index (χ0n) is 13.3. The molecular weight excluding hydrogens is 330 g/mol. The van der Waals surface area contributed by atoms with Crippen molar-refractivity contribution in [3.8, 4) is 0 Å². The van der Waals surface area contributed by atoms with Crippen LogP contribution >= 0.6 is 22.9 Å². The summed E-state index contributed by atoms with van der Waals surface area (Å²) in [5.74, 6) is 1.03. The number of nitrogens with one attached hydrogen (secondary N) is 1. The summed E-state index contributed by atoms with van der Waals surface area (Å²) in [6, 6.07) is 0.643. The van der Waals surface area contributed by atoms with Crippen LogP contribution in [-0.2, 0) is 20.1 Å². The van der Waals surface area contributed by atoms with Gasteiger partial charge in [-0.15, -0.1) is 11.3 Å². The van der Waals surface area contributed by atoms with E-state index in [0.717, 1.165) is 32.0 Å². The molecule has 1 saturated carbocycles. The molecule has 0 aromatic carbocycles. The number of piperidine rings is 1. The molecule has 2 aliphatic rings. The minimum Gasteiger partial charge on any atom is -0.321 e. The van der Waals surface area contributed by atoms with Gasteiger partial charge in [0.1, 0.15) is 16.0 Å². The van der Waals surface area contributed by atoms with Crippen molar-refractivity contribution in [3.63, 3.8) is 0 Å². The Morgan fingerprint density at radius 2 is 2.22 bits per heavy atom. The molecule has 2 aromatic heterocycles. The van der Waals surface area contributed by atoms with Crippen LogP contribution in [0.5, 0.6) is 0 Å². The molecule has 0 bridgehead atoms. The van der Waals surface area contributed by atoms with E-state index in [1.165, 1.54) is 24.3 Å². The first kappa shape index (κ1) is 15.6. The average molecular weight is 352 g/mol. The van der Waals surface area contributed by atoms with Crippen LogP contribution in [0, 0.1) is 5.41 Å². The smallest absolute Gasteiger partial charge is 0.128 e. The summed E-state index contributed by atoms with van der Waals surface area (Å²) >= 11 is 7.89. The number of hydrogen-bond donors (Lipinski definition) is 1. The van der Waals surface area contributed by atoms with Gasteiger partial charge in [-0.2, -0.15) is 0 Å². The fraction of sp³-hybridized carbons (Fsp3) is 0.625. The summed E-state index contributed by atoms with van der Waals surface area (Å²) in [4.78, 5) is 11.5. The number of imidazole rings is 1. The van der Waals surface area contributed by atoms with Gasteiger partial charge in [0.05, 0.1) is 19.3 Å². The lowest BCUT2D eigenvalue weighted by molar-refractivity contribution is 0.182. The molecule has 4 rings (SSSR count). The molecule has 0 unspecified atom stereocenters. The highest BCUT2D eigenvalue weighted by molar-refractivity contribution is 7.09. The van der Waals surface area contributed by atoms with Crippen LogP contribution in [0.3, 0.4) is 0 Å². The molecule has 0 radical (unpaired) electrons. The number of rotatable bonds is 5. The maximum atomic E-state index is 6.16. The molecule has 1 spiro atoms. The second-order valence-electron chi connectivity index (χ2n) is 6.72. The van der Waals surface area contributed by atoms with Crippen molar-refractivity contribution in [1.82, 2.24) is 24.8 Å². The fourth-order valence-electron chi connectivity index (χ4n) is 3.84. The van der Waals surface area contributed by atoms with E-state index in [2.05, 4.69) is 25.6 Å². The normalized spacial score (nSPS) is 22.8. The zero-order chi connectivity index (χ0) is 15.9. The molecule has 2 aromatic rings. The van der Waals surface area contributed by atoms with Crippen LogP contribution in [0.15, 0.2) is 17.8 Å². The first-order valence-electron chi connectivity index (χ1n) is 8.17. The summed E-state index contributed by atoms with van der Waals surface area (Å²) in [6.45, 7) is 4.04. The first-order chi connectivity index (χ1) is 11.2. The molecule has 1 saturated heterocycles. The maximum Gasteiger partial charge on any atom is 0.128 e. The van der Waals surface area contributed by atoms with E-state index < -0.39 is 0 Å². The van der Waals surface area contributed by atoms with E-state index in [0.29, 0.717) is 16.6 Å². The van der Waals surface area contributed by atoms with Gasteiger partial charge in [0, 0.05) is 24.7 Å². The second kappa shape index (κ2) is 6.16. The van der Waals surface area contributed by atoms with Crippen molar-refractivity contribution < 1.29 is 0 Å². The Hall–Kier alpha value is -0.950. The second-order valence-corrected chi connectivity index (χ2v) is 8.09. The lowest BCUT2D eigenvalue weighted by Crippen LogP contribution is -2.36. The molecule has 1 N–H and O–H groups in total. The number of hydrogen-bond acceptors (Lipinski definition) is 5. The quantitative estimate of drug-likeness (QED) is 0.899. The van der Waals surface area contributed by atoms with E-state index >= 15 is 0 Å². The van der Waals surface area contributed by atoms with Crippen LogP contribution < -0.4 is 5.32 Å². The van der Waals surface area contributed by atoms with Crippen LogP contribution in [0.25, 0.3) is 0 Å². The monoisotopic (exact) mass is 351 g/mol. The Kier molecular flexibility index (Phi) is 4.17. The Labute approximate surface area is 145 Å². The van der Waals surface area contributed by atoms with Gasteiger partial charge in [-0.1, -0.05) is 11.6 Å². The molecule has 0 amide bonds. The van der Waals surface area contributed by atoms with Crippen molar-refractivity contribution in [3.05, 3.63) is 33.8 Å². The molecule has 23 heavy (non-hydrogen) atoms. The molecule has 1 atom stereocenters. The van der Waals surface area contributed by atoms with Gasteiger partial charge in [-0.05, 0) is 37.8 Å². The molecule has 1 aliphatic heterocycles. The summed E-state index contributed by atoms with van der Waals surface area (Å²) < 4.78 is 1.98. The third kappa shape index (κ3) is 3.05. The minimum atomic E-state index is 0.511. The Morgan fingerprint density at radius 1 is 1.39 bits per heavy atom. The lowest BCUT2D eigenvalue weighted by atomic mass is 9.93. The largest absolute Gasteiger partial charge is 0.321 e. The highest BCUT2D eigenvalue weighted by Crippen LogP contribution is 2.56. The number of nitrogens with zero attached hydrogens (tertiary/aromatic N) is 4. The fourth-order valence-corrected chi connectivity index (χ4v) is 4.63. The van der Waals surface area contributed by atoms with E-state index in [-0.39, 0.29) is 0 Å². The van der Waals surface area contributed by atoms with Gasteiger partial charge >= 0.3 is 0 Å². The van der Waals surface area contributed by atoms with Crippen molar-refractivity contribution in [2.24, 2.45) is 12.5 Å². The van der Waals surface area contributed by atoms with Crippen LogP contribution in [0.1, 0.15) is 30.1 Å². The third-order valence-electron chi connectivity index (χ3n) is 5.38. The van der Waals surface area contributed by atoms with Gasteiger partial charge in [-0.3, -0.25) is 4.90 Å². The summed E-state index contributed by atoms with van der Waals surface area (Å²) in [6.07, 6.45) is 7.51. The molecular formula is C16H22ClN5S. The highest BCUT2D eigenvalue weighted by Gasteiger charge is 2.56. The van der Waals surface area contributed by atoms with E-state index in [1.807, 2.05) is 17.8 Å². The summed E-state index contributed by atoms with van der Waals surface area (Å²) in [7, 11) is 1.99. The standard InChI is InChI=1S/C16H22ClN5S/c1-21-13(17)9-20-14(21)10-22(11-15-19-6-7-23-15)12-8-16(12)2-4-18-5-3-16/h6-7,9,12,18H,2-5,8,10-11H2,1H3/t12-/m0/s1. The van der Waals surface area contributed by atoms with Gasteiger partial charge < -0.3 is 9.88 Å². The third-order valence-corrected chi connectivity index (χ3v) is 6.50. The molecule has 5 nitrogen and oxygen atoms in total. The van der Waals surface area contributed by atoms with Crippen molar-refractivity contribution in [1.29, 1.82) is 0 Å². The first-order valence-corrected chi connectivity index (χ1v) is 9.43. The number of halogens is 1. The van der Waals surface area contributed by atoms with Crippen LogP contribution in [-0.4, -0.2) is 38.6 Å². The highest BCUT2D eigenvalue weighted by atomic mass is 35.5. The topological polar surface area (TPSA) is 46.0 Å². The maximum absolute atomic E-state index is 6.16. The Balaban J connectivity index is 1.53. The lowest BCUT2D eigenvalue weighted by Gasteiger charge is -2.29. The molecule has 3 heterocycles. The van der Waals surface area contributed by atoms with Crippen LogP contribution in [0.2, 0.25) is 5.15 Å². The van der Waals surface area contributed by atoms with Crippen molar-refractivity contribution >= 4 is 22.9 Å². The van der Waals surface area contributed by atoms with E-state index in [9.17, 15) is 0 Å². The minimum absolute atomic E-state index is 0.511. The van der Waals surface area contributed by atoms with Crippen molar-refractivity contribution in [2.45, 2.75) is 38.4 Å². The number of thiazole rings is 1. The summed E-state index contributed by atoms with van der Waals surface area (Å²) in [5, 5.41) is 7.42. The van der Waals surface area contributed by atoms with Gasteiger partial charge in [0.25, 0.3) is 0 Å². The zero-order valence-corrected chi connectivity index (χ0v) is 14.9. The number of aromatic nitrogens is 3. The van der Waals surface area contributed by atoms with Crippen molar-refractivity contribution in [2.75, 3.05) is 13.1 Å². The van der Waals surface area contributed by atoms with Gasteiger partial charge in [-0.25, -0.2) is 9.97 Å². The predicted molar refractivity (Wildman–Crippen MR) is 92.5 cm³/mol. The predicted octanol–water partition coefficient (Wildman–Crippen LogP) is 2.67. The molecule has 1 aliphatic carbocycles. The Morgan fingerprint density at radius 3 is 2.87 bits per heavy atom. The van der Waals surface area contributed by atoms with E-state index in [4.69, 9.17) is 11.6 Å². The molecule has 7 heteroatoms. The molecule has 124 valence electrons. The SMILES string of the molecule is Cn1c(Cl)cnc1CN(Cc1nccs1)[C@H]1CC12CCNCC2. The summed E-state index contributed by atoms with van der Waals surface area (Å²) in [5.41, 5.74) is 0.511. The Bertz CT molecular complexity index is 662. The van der Waals surface area contributed by atoms with Gasteiger partial charge in [0.2, 0.25) is 0 Å². The molecule has 2 fully saturated rings. The van der Waals surface area contributed by atoms with Gasteiger partial charge in [0.15, 0.2) is 0 Å². The average Bonchev–Trinajstić information content (AvgIpc) is 2.88. The van der Waals surface area contributed by atoms with E-state index in [1.54, 1.807) is 17.5 Å². The van der Waals surface area contributed by atoms with Crippen LogP contribution in [0.4, 0.5) is 0 Å².